The van der Waals surface area contributed by atoms with Crippen LogP contribution < -0.4 is 4.74 Å². The molecule has 59 heavy (non-hydrogen) atoms. The number of hydrogen-bond donors (Lipinski definition) is 2. The lowest BCUT2D eigenvalue weighted by atomic mass is 9.89. The fraction of sp³-hybridized carbons (Fsp3) is 0.436. The molecule has 3 aliphatic rings. The fourth-order valence-corrected chi connectivity index (χ4v) is 7.63. The van der Waals surface area contributed by atoms with E-state index >= 15 is 0 Å². The molecular weight excluding hydrogens is 816 g/mol. The Labute approximate surface area is 342 Å². The summed E-state index contributed by atoms with van der Waals surface area (Å²) in [4.78, 5) is 17.6. The highest BCUT2D eigenvalue weighted by Crippen LogP contribution is 2.32. The Hall–Kier alpha value is -4.89. The summed E-state index contributed by atoms with van der Waals surface area (Å²) >= 11 is 0. The highest BCUT2D eigenvalue weighted by atomic mass is 32.2. The van der Waals surface area contributed by atoms with Crippen molar-refractivity contribution in [2.45, 2.75) is 68.3 Å². The van der Waals surface area contributed by atoms with E-state index in [0.717, 1.165) is 80.2 Å². The first-order valence-electron chi connectivity index (χ1n) is 18.9. The lowest BCUT2D eigenvalue weighted by molar-refractivity contribution is -0.147. The number of carbonyl (C=O) groups excluding carboxylic acids is 1. The molecule has 0 radical (unpaired) electrons. The van der Waals surface area contributed by atoms with Gasteiger partial charge in [0.05, 0.1) is 9.79 Å². The summed E-state index contributed by atoms with van der Waals surface area (Å²) in [7, 11) is -8.04. The Morgan fingerprint density at radius 2 is 1.29 bits per heavy atom. The molecule has 2 N–H and O–H groups in total. The van der Waals surface area contributed by atoms with Crippen LogP contribution in [0.3, 0.4) is 0 Å². The van der Waals surface area contributed by atoms with Crippen LogP contribution in [-0.2, 0) is 37.6 Å². The molecule has 320 valence electrons. The number of piperidine rings is 1. The van der Waals surface area contributed by atoms with E-state index in [1.165, 1.54) is 29.8 Å². The zero-order chi connectivity index (χ0) is 43.0. The minimum atomic E-state index is -4.58. The van der Waals surface area contributed by atoms with Gasteiger partial charge >= 0.3 is 6.18 Å². The quantitative estimate of drug-likeness (QED) is 0.229. The second kappa shape index (κ2) is 19.4. The molecule has 2 fully saturated rings. The number of amides is 1. The molecule has 0 aliphatic carbocycles. The topological polar surface area (TPSA) is 188 Å². The van der Waals surface area contributed by atoms with Crippen LogP contribution in [0.15, 0.2) is 87.7 Å². The van der Waals surface area contributed by atoms with E-state index in [-0.39, 0.29) is 21.5 Å². The van der Waals surface area contributed by atoms with Gasteiger partial charge in [-0.1, -0.05) is 47.5 Å². The van der Waals surface area contributed by atoms with Crippen molar-refractivity contribution < 1.29 is 48.6 Å². The third-order valence-corrected chi connectivity index (χ3v) is 11.8. The maximum Gasteiger partial charge on any atom is 0.453 e. The number of likely N-dealkylation sites (tertiary alicyclic amines) is 1. The van der Waals surface area contributed by atoms with Gasteiger partial charge in [-0.05, 0) is 74.6 Å². The van der Waals surface area contributed by atoms with Crippen LogP contribution in [0.1, 0.15) is 60.4 Å². The van der Waals surface area contributed by atoms with Gasteiger partial charge in [0, 0.05) is 65.6 Å². The van der Waals surface area contributed by atoms with E-state index in [2.05, 4.69) is 37.2 Å². The lowest BCUT2D eigenvalue weighted by Crippen LogP contribution is -2.48. The smallest absolute Gasteiger partial charge is 0.453 e. The third kappa shape index (κ3) is 13.0. The molecule has 0 atom stereocenters. The summed E-state index contributed by atoms with van der Waals surface area (Å²) in [5, 5.41) is 11.2. The number of alkyl halides is 3. The molecule has 0 bridgehead atoms. The number of aromatic nitrogens is 3. The number of amidine groups is 1. The van der Waals surface area contributed by atoms with Crippen LogP contribution in [0.2, 0.25) is 0 Å². The molecule has 0 spiro atoms. The third-order valence-electron chi connectivity index (χ3n) is 10.1. The van der Waals surface area contributed by atoms with E-state index in [0.29, 0.717) is 31.2 Å². The van der Waals surface area contributed by atoms with Crippen molar-refractivity contribution in [1.82, 2.24) is 29.6 Å². The van der Waals surface area contributed by atoms with Crippen LogP contribution >= 0.6 is 0 Å². The Morgan fingerprint density at radius 1 is 0.763 bits per heavy atom. The number of aryl methyl sites for hydroxylation is 3. The second-order valence-corrected chi connectivity index (χ2v) is 17.2. The number of hydrogen-bond acceptors (Lipinski definition) is 11. The van der Waals surface area contributed by atoms with Gasteiger partial charge in [-0.15, -0.1) is 10.2 Å². The molecule has 3 aliphatic heterocycles. The molecule has 3 aromatic carbocycles. The monoisotopic (exact) mass is 863 g/mol. The highest BCUT2D eigenvalue weighted by Gasteiger charge is 2.40. The number of nitrogens with zero attached hydrogens (tertiary/aromatic N) is 7. The van der Waals surface area contributed by atoms with Crippen LogP contribution in [0.5, 0.6) is 5.75 Å². The van der Waals surface area contributed by atoms with Gasteiger partial charge in [-0.2, -0.15) is 39.8 Å². The largest absolute Gasteiger partial charge is 0.492 e. The van der Waals surface area contributed by atoms with Gasteiger partial charge < -0.3 is 14.5 Å². The molecule has 2 saturated heterocycles. The molecule has 0 saturated carbocycles. The number of halogens is 3. The van der Waals surface area contributed by atoms with Gasteiger partial charge in [0.2, 0.25) is 5.91 Å². The molecule has 1 amide bonds. The van der Waals surface area contributed by atoms with Gasteiger partial charge in [-0.3, -0.25) is 18.8 Å². The molecule has 15 nitrogen and oxygen atoms in total. The molecular formula is C39H48F3N7O8S2. The minimum Gasteiger partial charge on any atom is -0.492 e. The van der Waals surface area contributed by atoms with Gasteiger partial charge in [0.25, 0.3) is 26.1 Å². The van der Waals surface area contributed by atoms with Crippen molar-refractivity contribution in [1.29, 1.82) is 0 Å². The maximum atomic E-state index is 13.2. The van der Waals surface area contributed by atoms with Gasteiger partial charge in [0.1, 0.15) is 18.2 Å². The summed E-state index contributed by atoms with van der Waals surface area (Å²) in [5.74, 6) is 1.22. The zero-order valence-corrected chi connectivity index (χ0v) is 34.5. The van der Waals surface area contributed by atoms with Crippen LogP contribution in [0, 0.1) is 13.8 Å². The molecule has 0 unspecified atom stereocenters. The lowest BCUT2D eigenvalue weighted by Gasteiger charge is -2.35. The van der Waals surface area contributed by atoms with Crippen molar-refractivity contribution in [3.8, 4) is 5.75 Å². The summed E-state index contributed by atoms with van der Waals surface area (Å²) in [6.07, 6.45) is -1.79. The first-order chi connectivity index (χ1) is 27.8. The highest BCUT2D eigenvalue weighted by molar-refractivity contribution is 7.86. The normalized spacial score (nSPS) is 16.5. The number of benzene rings is 3. The van der Waals surface area contributed by atoms with E-state index in [4.69, 9.17) is 13.8 Å². The van der Waals surface area contributed by atoms with Gasteiger partial charge in [0.15, 0.2) is 5.82 Å². The number of ether oxygens (including phenoxy) is 1. The predicted octanol–water partition coefficient (Wildman–Crippen LogP) is 5.31. The summed E-state index contributed by atoms with van der Waals surface area (Å²) < 4.78 is 106. The summed E-state index contributed by atoms with van der Waals surface area (Å²) in [6.45, 7) is 11.5. The first kappa shape index (κ1) is 45.2. The SMILES string of the molecule is CC(=O)N1CCN(CCOc2ccc(C3CCN(C4=Nn5c(nnc5C(F)(F)F)CC4)CC3)cc2)CC1.Cc1ccc(S(=O)(=O)O)cc1.Cc1ccc(S(=O)(=O)O)cc1. The van der Waals surface area contributed by atoms with Crippen molar-refractivity contribution in [3.05, 3.63) is 101 Å². The van der Waals surface area contributed by atoms with E-state index in [1.807, 2.05) is 30.9 Å². The van der Waals surface area contributed by atoms with Crippen molar-refractivity contribution in [3.63, 3.8) is 0 Å². The van der Waals surface area contributed by atoms with E-state index in [1.54, 1.807) is 31.2 Å². The zero-order valence-electron chi connectivity index (χ0n) is 32.9. The standard InChI is InChI=1S/C25H32F3N7O2.2C7H8O3S/c1-18(36)33-14-12-32(13-15-33)16-17-37-21-4-2-19(3-5-21)20-8-10-34(11-9-20)23-7-6-22-29-30-24(25(26,27)28)35(22)31-23;2*1-6-2-4-7(5-3-6)11(8,9)10/h2-5,20H,6-17H2,1H3;2*2-5H,1H3,(H,8,9,10). The average molecular weight is 864 g/mol. The van der Waals surface area contributed by atoms with E-state index in [9.17, 15) is 34.8 Å². The first-order valence-corrected chi connectivity index (χ1v) is 21.8. The van der Waals surface area contributed by atoms with Crippen LogP contribution in [0.4, 0.5) is 13.2 Å². The second-order valence-electron chi connectivity index (χ2n) is 14.4. The Kier molecular flexibility index (Phi) is 14.9. The van der Waals surface area contributed by atoms with Crippen LogP contribution in [0.25, 0.3) is 0 Å². The Bertz CT molecular complexity index is 2200. The van der Waals surface area contributed by atoms with Crippen molar-refractivity contribution in [2.24, 2.45) is 5.10 Å². The van der Waals surface area contributed by atoms with Crippen molar-refractivity contribution >= 4 is 32.0 Å². The van der Waals surface area contributed by atoms with Crippen LogP contribution in [-0.4, -0.2) is 120 Å². The number of carbonyl (C=O) groups is 1. The summed E-state index contributed by atoms with van der Waals surface area (Å²) in [5.41, 5.74) is 3.16. The number of piperazine rings is 1. The van der Waals surface area contributed by atoms with Gasteiger partial charge in [-0.25, -0.2) is 0 Å². The molecule has 4 aromatic rings. The molecule has 1 aromatic heterocycles. The predicted molar refractivity (Wildman–Crippen MR) is 212 cm³/mol. The minimum absolute atomic E-state index is 0.0666. The van der Waals surface area contributed by atoms with E-state index < -0.39 is 32.2 Å². The summed E-state index contributed by atoms with van der Waals surface area (Å²) in [6, 6.07) is 20.2. The Morgan fingerprint density at radius 3 is 1.76 bits per heavy atom. The molecule has 4 heterocycles. The molecule has 20 heteroatoms. The number of rotatable bonds is 7. The average Bonchev–Trinajstić information content (AvgIpc) is 3.63. The fourth-order valence-electron chi connectivity index (χ4n) is 6.67. The Balaban J connectivity index is 0.000000244. The molecule has 7 rings (SSSR count). The maximum absolute atomic E-state index is 13.2. The van der Waals surface area contributed by atoms with Crippen molar-refractivity contribution in [2.75, 3.05) is 52.4 Å². The number of fused-ring (bicyclic) bond motifs is 1.